The van der Waals surface area contributed by atoms with E-state index in [9.17, 15) is 9.59 Å². The van der Waals surface area contributed by atoms with Gasteiger partial charge in [-0.25, -0.2) is 9.59 Å². The molecule has 0 saturated carbocycles. The molecule has 1 N–H and O–H groups in total. The number of ether oxygens (including phenoxy) is 2. The number of hydrogen-bond donors (Lipinski definition) is 1. The van der Waals surface area contributed by atoms with Gasteiger partial charge < -0.3 is 14.6 Å². The number of hydrogen-bond acceptors (Lipinski definition) is 4. The van der Waals surface area contributed by atoms with E-state index in [1.165, 1.54) is 37.5 Å². The van der Waals surface area contributed by atoms with Crippen molar-refractivity contribution in [1.82, 2.24) is 0 Å². The van der Waals surface area contributed by atoms with Crippen molar-refractivity contribution in [2.45, 2.75) is 39.0 Å². The highest BCUT2D eigenvalue weighted by Gasteiger charge is 2.10. The van der Waals surface area contributed by atoms with Crippen LogP contribution in [0.4, 0.5) is 0 Å². The molecule has 0 heterocycles. The highest BCUT2D eigenvalue weighted by atomic mass is 16.5. The normalized spacial score (nSPS) is 10.3. The van der Waals surface area contributed by atoms with Gasteiger partial charge in [0.25, 0.3) is 0 Å². The molecule has 0 aliphatic carbocycles. The Morgan fingerprint density at radius 3 is 2.31 bits per heavy atom. The zero-order valence-corrected chi connectivity index (χ0v) is 14.9. The van der Waals surface area contributed by atoms with Gasteiger partial charge in [-0.2, -0.15) is 0 Å². The third kappa shape index (κ3) is 6.24. The van der Waals surface area contributed by atoms with E-state index in [0.29, 0.717) is 17.9 Å². The molecule has 26 heavy (non-hydrogen) atoms. The Morgan fingerprint density at radius 1 is 0.885 bits per heavy atom. The standard InChI is InChI=1S/C21H24O5/c1-2-3-4-5-6-14-25-18-12-10-16(11-13-18)21(24)26-19-9-7-8-17(15-19)20(22)23/h7-13,15H,2-6,14H2,1H3,(H,22,23). The number of aromatic carboxylic acids is 1. The number of carbonyl (C=O) groups is 2. The second kappa shape index (κ2) is 10.2. The Bertz CT molecular complexity index is 721. The third-order valence-corrected chi connectivity index (χ3v) is 3.90. The van der Waals surface area contributed by atoms with E-state index in [4.69, 9.17) is 14.6 Å². The van der Waals surface area contributed by atoms with Crippen LogP contribution in [0.15, 0.2) is 48.5 Å². The number of carboxylic acids is 1. The van der Waals surface area contributed by atoms with Crippen LogP contribution in [0.1, 0.15) is 59.7 Å². The zero-order chi connectivity index (χ0) is 18.8. The molecule has 0 amide bonds. The minimum absolute atomic E-state index is 0.0676. The van der Waals surface area contributed by atoms with Gasteiger partial charge in [0.05, 0.1) is 17.7 Å². The number of carboxylic acid groups (broad SMARTS) is 1. The second-order valence-corrected chi connectivity index (χ2v) is 6.01. The lowest BCUT2D eigenvalue weighted by atomic mass is 10.2. The molecule has 2 rings (SSSR count). The Labute approximate surface area is 153 Å². The first kappa shape index (κ1) is 19.5. The predicted octanol–water partition coefficient (Wildman–Crippen LogP) is 4.95. The fraction of sp³-hybridized carbons (Fsp3) is 0.333. The molecular weight excluding hydrogens is 332 g/mol. The molecule has 2 aromatic rings. The molecule has 0 fully saturated rings. The van der Waals surface area contributed by atoms with Crippen LogP contribution in [0, 0.1) is 0 Å². The molecule has 0 aliphatic heterocycles. The van der Waals surface area contributed by atoms with Gasteiger partial charge in [-0.15, -0.1) is 0 Å². The van der Waals surface area contributed by atoms with Crippen molar-refractivity contribution in [3.63, 3.8) is 0 Å². The van der Waals surface area contributed by atoms with E-state index in [0.717, 1.165) is 12.8 Å². The number of benzene rings is 2. The van der Waals surface area contributed by atoms with Crippen LogP contribution in [0.5, 0.6) is 11.5 Å². The summed E-state index contributed by atoms with van der Waals surface area (Å²) >= 11 is 0. The SMILES string of the molecule is CCCCCCCOc1ccc(C(=O)Oc2cccc(C(=O)O)c2)cc1. The summed E-state index contributed by atoms with van der Waals surface area (Å²) in [6, 6.07) is 12.6. The summed E-state index contributed by atoms with van der Waals surface area (Å²) in [5.74, 6) is -0.704. The molecule has 0 spiro atoms. The molecular formula is C21H24O5. The maximum Gasteiger partial charge on any atom is 0.343 e. The van der Waals surface area contributed by atoms with E-state index >= 15 is 0 Å². The van der Waals surface area contributed by atoms with E-state index < -0.39 is 11.9 Å². The highest BCUT2D eigenvalue weighted by molar-refractivity contribution is 5.92. The highest BCUT2D eigenvalue weighted by Crippen LogP contribution is 2.17. The number of carbonyl (C=O) groups excluding carboxylic acids is 1. The number of esters is 1. The molecule has 0 aliphatic rings. The van der Waals surface area contributed by atoms with Crippen molar-refractivity contribution in [3.8, 4) is 11.5 Å². The molecule has 0 aromatic heterocycles. The van der Waals surface area contributed by atoms with Crippen LogP contribution in [0.3, 0.4) is 0 Å². The fourth-order valence-electron chi connectivity index (χ4n) is 2.44. The first-order valence-corrected chi connectivity index (χ1v) is 8.88. The van der Waals surface area contributed by atoms with Crippen LogP contribution in [0.25, 0.3) is 0 Å². The van der Waals surface area contributed by atoms with Crippen molar-refractivity contribution in [1.29, 1.82) is 0 Å². The lowest BCUT2D eigenvalue weighted by molar-refractivity contribution is 0.0687. The topological polar surface area (TPSA) is 72.8 Å². The molecule has 2 aromatic carbocycles. The van der Waals surface area contributed by atoms with Gasteiger partial charge in [0.15, 0.2) is 0 Å². The molecule has 5 nitrogen and oxygen atoms in total. The number of unbranched alkanes of at least 4 members (excludes halogenated alkanes) is 4. The lowest BCUT2D eigenvalue weighted by Crippen LogP contribution is -2.09. The predicted molar refractivity (Wildman–Crippen MR) is 99.1 cm³/mol. The van der Waals surface area contributed by atoms with Crippen molar-refractivity contribution in [2.24, 2.45) is 0 Å². The van der Waals surface area contributed by atoms with E-state index in [2.05, 4.69) is 6.92 Å². The Hall–Kier alpha value is -2.82. The van der Waals surface area contributed by atoms with Gasteiger partial charge in [-0.05, 0) is 48.9 Å². The van der Waals surface area contributed by atoms with E-state index in [-0.39, 0.29) is 11.3 Å². The molecule has 138 valence electrons. The summed E-state index contributed by atoms with van der Waals surface area (Å²) in [7, 11) is 0. The quantitative estimate of drug-likeness (QED) is 0.370. The van der Waals surface area contributed by atoms with Crippen molar-refractivity contribution < 1.29 is 24.2 Å². The second-order valence-electron chi connectivity index (χ2n) is 6.01. The van der Waals surface area contributed by atoms with Gasteiger partial charge >= 0.3 is 11.9 Å². The molecule has 0 saturated heterocycles. The molecule has 0 unspecified atom stereocenters. The van der Waals surface area contributed by atoms with Gasteiger partial charge in [-0.3, -0.25) is 0 Å². The Morgan fingerprint density at radius 2 is 1.62 bits per heavy atom. The van der Waals surface area contributed by atoms with Gasteiger partial charge in [0, 0.05) is 0 Å². The van der Waals surface area contributed by atoms with Crippen LogP contribution in [-0.4, -0.2) is 23.7 Å². The van der Waals surface area contributed by atoms with Crippen molar-refractivity contribution in [3.05, 3.63) is 59.7 Å². The molecule has 5 heteroatoms. The first-order valence-electron chi connectivity index (χ1n) is 8.88. The summed E-state index contributed by atoms with van der Waals surface area (Å²) < 4.78 is 10.9. The van der Waals surface area contributed by atoms with Crippen LogP contribution in [0.2, 0.25) is 0 Å². The minimum Gasteiger partial charge on any atom is -0.494 e. The molecule has 0 bridgehead atoms. The molecule has 0 radical (unpaired) electrons. The van der Waals surface area contributed by atoms with Gasteiger partial charge in [-0.1, -0.05) is 38.7 Å². The maximum absolute atomic E-state index is 12.2. The average molecular weight is 356 g/mol. The molecule has 0 atom stereocenters. The third-order valence-electron chi connectivity index (χ3n) is 3.90. The summed E-state index contributed by atoms with van der Waals surface area (Å²) in [4.78, 5) is 23.1. The smallest absolute Gasteiger partial charge is 0.343 e. The minimum atomic E-state index is -1.07. The summed E-state index contributed by atoms with van der Waals surface area (Å²) in [6.07, 6.45) is 5.89. The van der Waals surface area contributed by atoms with Crippen LogP contribution < -0.4 is 9.47 Å². The van der Waals surface area contributed by atoms with Crippen molar-refractivity contribution in [2.75, 3.05) is 6.61 Å². The summed E-state index contributed by atoms with van der Waals surface area (Å²) in [5, 5.41) is 8.97. The summed E-state index contributed by atoms with van der Waals surface area (Å²) in [6.45, 7) is 2.85. The number of rotatable bonds is 10. The Balaban J connectivity index is 1.84. The average Bonchev–Trinajstić information content (AvgIpc) is 2.65. The first-order chi connectivity index (χ1) is 12.6. The van der Waals surface area contributed by atoms with E-state index in [1.807, 2.05) is 0 Å². The fourth-order valence-corrected chi connectivity index (χ4v) is 2.44. The lowest BCUT2D eigenvalue weighted by Gasteiger charge is -2.08. The van der Waals surface area contributed by atoms with Crippen molar-refractivity contribution >= 4 is 11.9 Å². The van der Waals surface area contributed by atoms with Crippen LogP contribution >= 0.6 is 0 Å². The maximum atomic E-state index is 12.2. The Kier molecular flexibility index (Phi) is 7.68. The summed E-state index contributed by atoms with van der Waals surface area (Å²) in [5.41, 5.74) is 0.444. The van der Waals surface area contributed by atoms with Gasteiger partial charge in [0.1, 0.15) is 11.5 Å². The van der Waals surface area contributed by atoms with Crippen LogP contribution in [-0.2, 0) is 0 Å². The zero-order valence-electron chi connectivity index (χ0n) is 14.9. The van der Waals surface area contributed by atoms with E-state index in [1.54, 1.807) is 30.3 Å². The van der Waals surface area contributed by atoms with Gasteiger partial charge in [0.2, 0.25) is 0 Å². The largest absolute Gasteiger partial charge is 0.494 e. The monoisotopic (exact) mass is 356 g/mol.